The first-order chi connectivity index (χ1) is 7.95. The van der Waals surface area contributed by atoms with Gasteiger partial charge in [-0.15, -0.1) is 0 Å². The van der Waals surface area contributed by atoms with Crippen molar-refractivity contribution in [1.82, 2.24) is 14.5 Å². The normalized spacial score (nSPS) is 12.2. The number of hydrogen-bond donors (Lipinski definition) is 1. The van der Waals surface area contributed by atoms with E-state index in [4.69, 9.17) is 17.0 Å². The number of nitrogens with one attached hydrogen (secondary N) is 1. The number of aromatic amines is 1. The lowest BCUT2D eigenvalue weighted by atomic mass is 10.1. The average Bonchev–Trinajstić information content (AvgIpc) is 2.53. The second kappa shape index (κ2) is 4.23. The molecule has 2 aromatic heterocycles. The Bertz CT molecular complexity index is 597. The number of hydrogen-bond acceptors (Lipinski definition) is 3. The van der Waals surface area contributed by atoms with Crippen molar-refractivity contribution >= 4 is 23.4 Å². The predicted octanol–water partition coefficient (Wildman–Crippen LogP) is 2.78. The summed E-state index contributed by atoms with van der Waals surface area (Å²) in [7, 11) is 1.69. The van der Waals surface area contributed by atoms with Crippen molar-refractivity contribution in [2.24, 2.45) is 0 Å². The van der Waals surface area contributed by atoms with Crippen LogP contribution in [-0.2, 0) is 10.3 Å². The smallest absolute Gasteiger partial charge is 0.179 e. The number of aryl methyl sites for hydroxylation is 1. The van der Waals surface area contributed by atoms with Gasteiger partial charge in [-0.1, -0.05) is 0 Å². The summed E-state index contributed by atoms with van der Waals surface area (Å²) >= 11 is 5.37. The highest BCUT2D eigenvalue weighted by atomic mass is 32.1. The summed E-state index contributed by atoms with van der Waals surface area (Å²) in [6, 6.07) is 3.98. The maximum Gasteiger partial charge on any atom is 0.179 e. The van der Waals surface area contributed by atoms with Crippen LogP contribution in [0.4, 0.5) is 0 Å². The van der Waals surface area contributed by atoms with Gasteiger partial charge in [0, 0.05) is 12.8 Å². The molecule has 1 N–H and O–H groups in total. The number of H-pyrrole nitrogens is 1. The predicted molar refractivity (Wildman–Crippen MR) is 70.9 cm³/mol. The van der Waals surface area contributed by atoms with E-state index in [0.29, 0.717) is 11.4 Å². The molecule has 0 radical (unpaired) electrons. The van der Waals surface area contributed by atoms with Crippen LogP contribution in [0.2, 0.25) is 0 Å². The lowest BCUT2D eigenvalue weighted by Gasteiger charge is -2.25. The number of ether oxygens (including phenoxy) is 1. The molecule has 0 atom stereocenters. The van der Waals surface area contributed by atoms with Crippen molar-refractivity contribution in [2.45, 2.75) is 26.3 Å². The van der Waals surface area contributed by atoms with E-state index in [9.17, 15) is 0 Å². The fraction of sp³-hybridized carbons (Fsp3) is 0.500. The molecule has 4 nitrogen and oxygen atoms in total. The molecule has 0 unspecified atom stereocenters. The van der Waals surface area contributed by atoms with Gasteiger partial charge in [0.1, 0.15) is 0 Å². The summed E-state index contributed by atoms with van der Waals surface area (Å²) in [5.41, 5.74) is 2.61. The van der Waals surface area contributed by atoms with Crippen LogP contribution in [0, 0.1) is 11.7 Å². The summed E-state index contributed by atoms with van der Waals surface area (Å²) in [5, 5.41) is 0. The molecule has 0 spiro atoms. The number of pyridine rings is 1. The van der Waals surface area contributed by atoms with E-state index in [-0.39, 0.29) is 5.54 Å². The summed E-state index contributed by atoms with van der Waals surface area (Å²) < 4.78 is 7.96. The van der Waals surface area contributed by atoms with Crippen molar-refractivity contribution in [2.75, 3.05) is 13.7 Å². The van der Waals surface area contributed by atoms with Gasteiger partial charge in [0.05, 0.1) is 17.7 Å². The lowest BCUT2D eigenvalue weighted by Crippen LogP contribution is -2.31. The van der Waals surface area contributed by atoms with Crippen molar-refractivity contribution in [3.05, 3.63) is 22.6 Å². The molecule has 0 bridgehead atoms. The van der Waals surface area contributed by atoms with E-state index >= 15 is 0 Å². The maximum absolute atomic E-state index is 5.37. The maximum atomic E-state index is 5.37. The first-order valence-corrected chi connectivity index (χ1v) is 5.94. The van der Waals surface area contributed by atoms with Gasteiger partial charge < -0.3 is 9.72 Å². The Balaban J connectivity index is 2.72. The molecule has 0 aliphatic rings. The molecule has 5 heteroatoms. The van der Waals surface area contributed by atoms with Gasteiger partial charge in [-0.05, 0) is 45.1 Å². The molecular formula is C12H17N3OS. The second-order valence-corrected chi connectivity index (χ2v) is 5.22. The van der Waals surface area contributed by atoms with Gasteiger partial charge in [-0.3, -0.25) is 4.57 Å². The minimum absolute atomic E-state index is 0.217. The van der Waals surface area contributed by atoms with Crippen molar-refractivity contribution in [1.29, 1.82) is 0 Å². The van der Waals surface area contributed by atoms with Crippen molar-refractivity contribution in [3.8, 4) is 0 Å². The topological polar surface area (TPSA) is 42.8 Å². The number of rotatable bonds is 3. The van der Waals surface area contributed by atoms with Crippen LogP contribution in [0.3, 0.4) is 0 Å². The highest BCUT2D eigenvalue weighted by molar-refractivity contribution is 7.71. The third-order valence-electron chi connectivity index (χ3n) is 2.77. The van der Waals surface area contributed by atoms with Crippen LogP contribution in [0.1, 0.15) is 19.5 Å². The Morgan fingerprint density at radius 1 is 1.47 bits per heavy atom. The second-order valence-electron chi connectivity index (χ2n) is 4.83. The Kier molecular flexibility index (Phi) is 3.05. The highest BCUT2D eigenvalue weighted by Crippen LogP contribution is 2.22. The molecule has 92 valence electrons. The van der Waals surface area contributed by atoms with Gasteiger partial charge in [-0.25, -0.2) is 4.98 Å². The van der Waals surface area contributed by atoms with E-state index in [0.717, 1.165) is 16.9 Å². The summed E-state index contributed by atoms with van der Waals surface area (Å²) in [6.45, 7) is 6.74. The number of aromatic nitrogens is 3. The Morgan fingerprint density at radius 3 is 2.82 bits per heavy atom. The zero-order valence-electron chi connectivity index (χ0n) is 10.6. The number of nitrogens with zero attached hydrogens (tertiary/aromatic N) is 2. The molecule has 2 heterocycles. The van der Waals surface area contributed by atoms with Crippen molar-refractivity contribution < 1.29 is 4.74 Å². The Hall–Kier alpha value is -1.20. The minimum Gasteiger partial charge on any atom is -0.382 e. The van der Waals surface area contributed by atoms with Crippen LogP contribution in [0.25, 0.3) is 11.2 Å². The fourth-order valence-corrected chi connectivity index (χ4v) is 2.50. The monoisotopic (exact) mass is 251 g/mol. The van der Waals surface area contributed by atoms with Crippen LogP contribution in [-0.4, -0.2) is 28.3 Å². The van der Waals surface area contributed by atoms with E-state index in [1.165, 1.54) is 0 Å². The standard InChI is InChI=1S/C12H17N3OS/c1-8-5-6-9-10(13-8)15(11(17)14-9)12(2,3)7-16-4/h5-6H,7H2,1-4H3,(H,14,17). The molecular weight excluding hydrogens is 234 g/mol. The summed E-state index contributed by atoms with van der Waals surface area (Å²) in [5.74, 6) is 0. The van der Waals surface area contributed by atoms with Gasteiger partial charge >= 0.3 is 0 Å². The molecule has 2 rings (SSSR count). The lowest BCUT2D eigenvalue weighted by molar-refractivity contribution is 0.111. The molecule has 0 aliphatic carbocycles. The molecule has 0 fully saturated rings. The van der Waals surface area contributed by atoms with Gasteiger partial charge in [0.2, 0.25) is 0 Å². The fourth-order valence-electron chi connectivity index (χ4n) is 2.06. The van der Waals surface area contributed by atoms with Gasteiger partial charge in [-0.2, -0.15) is 0 Å². The summed E-state index contributed by atoms with van der Waals surface area (Å²) in [6.07, 6.45) is 0. The Morgan fingerprint density at radius 2 is 2.18 bits per heavy atom. The summed E-state index contributed by atoms with van der Waals surface area (Å²) in [4.78, 5) is 7.73. The number of methoxy groups -OCH3 is 1. The van der Waals surface area contributed by atoms with E-state index in [1.54, 1.807) is 7.11 Å². The zero-order valence-corrected chi connectivity index (χ0v) is 11.4. The van der Waals surface area contributed by atoms with E-state index < -0.39 is 0 Å². The quantitative estimate of drug-likeness (QED) is 0.853. The Labute approximate surface area is 106 Å². The van der Waals surface area contributed by atoms with E-state index in [2.05, 4.69) is 23.8 Å². The SMILES string of the molecule is COCC(C)(C)n1c(=S)[nH]c2ccc(C)nc21. The molecule has 17 heavy (non-hydrogen) atoms. The van der Waals surface area contributed by atoms with Gasteiger partial charge in [0.25, 0.3) is 0 Å². The third kappa shape index (κ3) is 2.12. The van der Waals surface area contributed by atoms with E-state index in [1.807, 2.05) is 23.6 Å². The molecule has 0 saturated carbocycles. The van der Waals surface area contributed by atoms with Crippen LogP contribution >= 0.6 is 12.2 Å². The largest absolute Gasteiger partial charge is 0.382 e. The van der Waals surface area contributed by atoms with Crippen LogP contribution in [0.5, 0.6) is 0 Å². The highest BCUT2D eigenvalue weighted by Gasteiger charge is 2.24. The van der Waals surface area contributed by atoms with Crippen LogP contribution in [0.15, 0.2) is 12.1 Å². The average molecular weight is 251 g/mol. The van der Waals surface area contributed by atoms with Gasteiger partial charge in [0.15, 0.2) is 10.4 Å². The molecule has 0 aliphatic heterocycles. The van der Waals surface area contributed by atoms with Crippen molar-refractivity contribution in [3.63, 3.8) is 0 Å². The third-order valence-corrected chi connectivity index (χ3v) is 3.06. The number of imidazole rings is 1. The molecule has 0 saturated heterocycles. The first kappa shape index (κ1) is 12.3. The molecule has 2 aromatic rings. The molecule has 0 amide bonds. The number of fused-ring (bicyclic) bond motifs is 1. The van der Waals surface area contributed by atoms with Crippen LogP contribution < -0.4 is 0 Å². The minimum atomic E-state index is -0.217. The molecule has 0 aromatic carbocycles. The first-order valence-electron chi connectivity index (χ1n) is 5.53. The zero-order chi connectivity index (χ0) is 12.6.